The topological polar surface area (TPSA) is 53.4 Å². The third kappa shape index (κ3) is 4.21. The van der Waals surface area contributed by atoms with Crippen molar-refractivity contribution >= 4 is 22.7 Å². The first-order valence-corrected chi connectivity index (χ1v) is 9.75. The lowest BCUT2D eigenvalue weighted by Crippen LogP contribution is -2.27. The predicted molar refractivity (Wildman–Crippen MR) is 103 cm³/mol. The maximum atomic E-state index is 13.2. The van der Waals surface area contributed by atoms with Gasteiger partial charge in [-0.2, -0.15) is 0 Å². The third-order valence-electron chi connectivity index (χ3n) is 4.45. The molecule has 1 aliphatic heterocycles. The fraction of sp³-hybridized carbons (Fsp3) is 0.300. The molecule has 1 atom stereocenters. The Bertz CT molecular complexity index is 985. The average molecular weight is 386 g/mol. The number of ether oxygens (including phenoxy) is 2. The number of fused-ring (bicyclic) bond motifs is 1. The second kappa shape index (κ2) is 8.21. The van der Waals surface area contributed by atoms with Crippen molar-refractivity contribution in [2.75, 3.05) is 19.2 Å². The molecular weight excluding hydrogens is 367 g/mol. The first-order valence-electron chi connectivity index (χ1n) is 8.77. The van der Waals surface area contributed by atoms with E-state index in [1.165, 1.54) is 23.9 Å². The number of rotatable bonds is 5. The molecule has 1 saturated heterocycles. The molecular formula is C20H19FN2O3S. The van der Waals surface area contributed by atoms with Gasteiger partial charge in [0.25, 0.3) is 5.56 Å². The largest absolute Gasteiger partial charge is 0.355 e. The fourth-order valence-electron chi connectivity index (χ4n) is 2.97. The number of para-hydroxylation sites is 1. The van der Waals surface area contributed by atoms with Crippen molar-refractivity contribution in [1.82, 2.24) is 9.55 Å². The van der Waals surface area contributed by atoms with Crippen LogP contribution in [0.25, 0.3) is 10.9 Å². The van der Waals surface area contributed by atoms with Crippen LogP contribution >= 0.6 is 11.8 Å². The quantitative estimate of drug-likeness (QED) is 0.497. The van der Waals surface area contributed by atoms with E-state index in [1.54, 1.807) is 22.8 Å². The van der Waals surface area contributed by atoms with Crippen LogP contribution in [0.5, 0.6) is 0 Å². The highest BCUT2D eigenvalue weighted by atomic mass is 32.2. The van der Waals surface area contributed by atoms with Gasteiger partial charge in [0, 0.05) is 5.75 Å². The van der Waals surface area contributed by atoms with Gasteiger partial charge >= 0.3 is 0 Å². The molecule has 0 saturated carbocycles. The van der Waals surface area contributed by atoms with E-state index >= 15 is 0 Å². The Balaban J connectivity index is 1.68. The summed E-state index contributed by atoms with van der Waals surface area (Å²) in [5.74, 6) is 0.395. The predicted octanol–water partition coefficient (Wildman–Crippen LogP) is 3.44. The van der Waals surface area contributed by atoms with Gasteiger partial charge < -0.3 is 9.47 Å². The SMILES string of the molecule is O=c1c2ccccc2nc(SC[C@@H]2CCOCO2)n1Cc1ccc(F)cc1. The van der Waals surface area contributed by atoms with Crippen molar-refractivity contribution in [3.8, 4) is 0 Å². The number of hydrogen-bond acceptors (Lipinski definition) is 5. The Morgan fingerprint density at radius 2 is 2.00 bits per heavy atom. The van der Waals surface area contributed by atoms with Gasteiger partial charge in [-0.15, -0.1) is 0 Å². The van der Waals surface area contributed by atoms with Crippen molar-refractivity contribution < 1.29 is 13.9 Å². The number of benzene rings is 2. The van der Waals surface area contributed by atoms with E-state index in [0.717, 1.165) is 12.0 Å². The van der Waals surface area contributed by atoms with Crippen LogP contribution in [-0.4, -0.2) is 34.8 Å². The van der Waals surface area contributed by atoms with Gasteiger partial charge in [-0.25, -0.2) is 9.37 Å². The molecule has 1 fully saturated rings. The van der Waals surface area contributed by atoms with Crippen molar-refractivity contribution in [3.63, 3.8) is 0 Å². The third-order valence-corrected chi connectivity index (χ3v) is 5.56. The number of nitrogens with zero attached hydrogens (tertiary/aromatic N) is 2. The molecule has 1 aliphatic rings. The monoisotopic (exact) mass is 386 g/mol. The summed E-state index contributed by atoms with van der Waals surface area (Å²) in [6.45, 7) is 1.32. The maximum Gasteiger partial charge on any atom is 0.262 e. The Kier molecular flexibility index (Phi) is 5.52. The summed E-state index contributed by atoms with van der Waals surface area (Å²) in [5.41, 5.74) is 1.42. The van der Waals surface area contributed by atoms with Gasteiger partial charge in [0.15, 0.2) is 5.16 Å². The van der Waals surface area contributed by atoms with Crippen molar-refractivity contribution in [2.45, 2.75) is 24.2 Å². The van der Waals surface area contributed by atoms with Gasteiger partial charge in [-0.05, 0) is 36.2 Å². The van der Waals surface area contributed by atoms with Crippen molar-refractivity contribution in [2.24, 2.45) is 0 Å². The summed E-state index contributed by atoms with van der Waals surface area (Å²) >= 11 is 1.50. The van der Waals surface area contributed by atoms with E-state index in [2.05, 4.69) is 0 Å². The number of thioether (sulfide) groups is 1. The fourth-order valence-corrected chi connectivity index (χ4v) is 4.03. The van der Waals surface area contributed by atoms with Gasteiger partial charge in [0.1, 0.15) is 12.6 Å². The minimum atomic E-state index is -0.297. The van der Waals surface area contributed by atoms with Crippen LogP contribution in [0.15, 0.2) is 58.5 Å². The van der Waals surface area contributed by atoms with E-state index in [9.17, 15) is 9.18 Å². The maximum absolute atomic E-state index is 13.2. The molecule has 140 valence electrons. The minimum absolute atomic E-state index is 0.0754. The van der Waals surface area contributed by atoms with Gasteiger partial charge in [-0.1, -0.05) is 36.0 Å². The summed E-state index contributed by atoms with van der Waals surface area (Å²) in [7, 11) is 0. The summed E-state index contributed by atoms with van der Waals surface area (Å²) in [6, 6.07) is 13.5. The zero-order valence-electron chi connectivity index (χ0n) is 14.6. The summed E-state index contributed by atoms with van der Waals surface area (Å²) in [4.78, 5) is 17.8. The number of aromatic nitrogens is 2. The Morgan fingerprint density at radius 1 is 1.19 bits per heavy atom. The highest BCUT2D eigenvalue weighted by molar-refractivity contribution is 7.99. The molecule has 2 aromatic carbocycles. The van der Waals surface area contributed by atoms with Crippen LogP contribution in [0.1, 0.15) is 12.0 Å². The molecule has 7 heteroatoms. The highest BCUT2D eigenvalue weighted by Crippen LogP contribution is 2.22. The molecule has 0 aliphatic carbocycles. The Labute approximate surface area is 160 Å². The molecule has 0 unspecified atom stereocenters. The van der Waals surface area contributed by atoms with E-state index in [-0.39, 0.29) is 17.5 Å². The van der Waals surface area contributed by atoms with Crippen molar-refractivity contribution in [3.05, 3.63) is 70.3 Å². The average Bonchev–Trinajstić information content (AvgIpc) is 2.71. The molecule has 0 N–H and O–H groups in total. The molecule has 0 radical (unpaired) electrons. The van der Waals surface area contributed by atoms with E-state index in [1.807, 2.05) is 18.2 Å². The van der Waals surface area contributed by atoms with E-state index in [0.29, 0.717) is 41.8 Å². The summed E-state index contributed by atoms with van der Waals surface area (Å²) < 4.78 is 25.7. The number of halogens is 1. The van der Waals surface area contributed by atoms with E-state index < -0.39 is 0 Å². The van der Waals surface area contributed by atoms with E-state index in [4.69, 9.17) is 14.5 Å². The lowest BCUT2D eigenvalue weighted by molar-refractivity contribution is -0.130. The molecule has 2 heterocycles. The van der Waals surface area contributed by atoms with Crippen LogP contribution in [0.4, 0.5) is 4.39 Å². The van der Waals surface area contributed by atoms with Crippen LogP contribution in [-0.2, 0) is 16.0 Å². The number of hydrogen-bond donors (Lipinski definition) is 0. The Morgan fingerprint density at radius 3 is 2.78 bits per heavy atom. The molecule has 0 spiro atoms. The van der Waals surface area contributed by atoms with Crippen LogP contribution in [0.2, 0.25) is 0 Å². The molecule has 27 heavy (non-hydrogen) atoms. The molecule has 1 aromatic heterocycles. The molecule has 4 rings (SSSR count). The van der Waals surface area contributed by atoms with Crippen LogP contribution in [0, 0.1) is 5.82 Å². The molecule has 0 bridgehead atoms. The summed E-state index contributed by atoms with van der Waals surface area (Å²) in [5, 5.41) is 1.21. The minimum Gasteiger partial charge on any atom is -0.355 e. The molecule has 3 aromatic rings. The zero-order valence-corrected chi connectivity index (χ0v) is 15.5. The summed E-state index contributed by atoms with van der Waals surface area (Å²) in [6.07, 6.45) is 0.898. The Hall–Kier alpha value is -2.22. The normalized spacial score (nSPS) is 17.3. The van der Waals surface area contributed by atoms with Gasteiger partial charge in [0.05, 0.1) is 30.2 Å². The smallest absolute Gasteiger partial charge is 0.262 e. The zero-order chi connectivity index (χ0) is 18.6. The van der Waals surface area contributed by atoms with Gasteiger partial charge in [0.2, 0.25) is 0 Å². The van der Waals surface area contributed by atoms with Gasteiger partial charge in [-0.3, -0.25) is 9.36 Å². The lowest BCUT2D eigenvalue weighted by Gasteiger charge is -2.22. The first-order chi connectivity index (χ1) is 13.2. The highest BCUT2D eigenvalue weighted by Gasteiger charge is 2.18. The molecule has 0 amide bonds. The van der Waals surface area contributed by atoms with Crippen molar-refractivity contribution in [1.29, 1.82) is 0 Å². The second-order valence-electron chi connectivity index (χ2n) is 6.34. The van der Waals surface area contributed by atoms with Crippen LogP contribution in [0.3, 0.4) is 0 Å². The standard InChI is InChI=1S/C20H19FN2O3S/c21-15-7-5-14(6-8-15)11-23-19(24)17-3-1-2-4-18(17)22-20(23)27-12-16-9-10-25-13-26-16/h1-8,16H,9-13H2/t16-/m0/s1. The lowest BCUT2D eigenvalue weighted by atomic mass is 10.2. The molecule has 5 nitrogen and oxygen atoms in total. The second-order valence-corrected chi connectivity index (χ2v) is 7.33. The first kappa shape index (κ1) is 18.2. The van der Waals surface area contributed by atoms with Crippen LogP contribution < -0.4 is 5.56 Å².